The molecule has 1 aliphatic rings. The zero-order valence-electron chi connectivity index (χ0n) is 8.14. The minimum atomic E-state index is -0.0881. The molecule has 0 saturated carbocycles. The monoisotopic (exact) mass is 186 g/mol. The predicted molar refractivity (Wildman–Crippen MR) is 50.5 cm³/mol. The van der Waals surface area contributed by atoms with Gasteiger partial charge in [-0.1, -0.05) is 6.92 Å². The van der Waals surface area contributed by atoms with Crippen LogP contribution in [0.3, 0.4) is 0 Å². The summed E-state index contributed by atoms with van der Waals surface area (Å²) < 4.78 is 5.08. The standard InChI is InChI=1S/C9H18N2O2/c1-2-3-9(12)13-7-8-6-10-4-5-11-8/h8,10-11H,2-7H2,1H3/t8-/m0/s1. The summed E-state index contributed by atoms with van der Waals surface area (Å²) in [6.45, 7) is 5.31. The smallest absolute Gasteiger partial charge is 0.305 e. The van der Waals surface area contributed by atoms with Gasteiger partial charge in [0.1, 0.15) is 6.61 Å². The molecule has 4 nitrogen and oxygen atoms in total. The molecule has 0 aromatic rings. The van der Waals surface area contributed by atoms with E-state index in [-0.39, 0.29) is 12.0 Å². The zero-order chi connectivity index (χ0) is 9.52. The molecule has 0 aliphatic carbocycles. The Labute approximate surface area is 79.0 Å². The van der Waals surface area contributed by atoms with Gasteiger partial charge in [-0.25, -0.2) is 0 Å². The molecule has 1 atom stereocenters. The average Bonchev–Trinajstić information content (AvgIpc) is 2.17. The van der Waals surface area contributed by atoms with Gasteiger partial charge in [-0.05, 0) is 6.42 Å². The topological polar surface area (TPSA) is 50.4 Å². The highest BCUT2D eigenvalue weighted by atomic mass is 16.5. The molecule has 1 heterocycles. The van der Waals surface area contributed by atoms with Crippen LogP contribution in [0.5, 0.6) is 0 Å². The van der Waals surface area contributed by atoms with Crippen LogP contribution in [-0.2, 0) is 9.53 Å². The third kappa shape index (κ3) is 4.24. The second-order valence-corrected chi connectivity index (χ2v) is 3.29. The molecular weight excluding hydrogens is 168 g/mol. The molecule has 0 bridgehead atoms. The molecular formula is C9H18N2O2. The minimum Gasteiger partial charge on any atom is -0.464 e. The fourth-order valence-electron chi connectivity index (χ4n) is 1.30. The normalized spacial score (nSPS) is 22.7. The van der Waals surface area contributed by atoms with E-state index in [1.807, 2.05) is 6.92 Å². The number of hydrogen-bond donors (Lipinski definition) is 2. The third-order valence-corrected chi connectivity index (χ3v) is 2.03. The predicted octanol–water partition coefficient (Wildman–Crippen LogP) is -0.109. The Balaban J connectivity index is 2.06. The van der Waals surface area contributed by atoms with Crippen LogP contribution in [-0.4, -0.2) is 38.3 Å². The van der Waals surface area contributed by atoms with Crippen molar-refractivity contribution >= 4 is 5.97 Å². The van der Waals surface area contributed by atoms with Gasteiger partial charge >= 0.3 is 5.97 Å². The highest BCUT2D eigenvalue weighted by Gasteiger charge is 2.13. The first-order valence-electron chi connectivity index (χ1n) is 4.92. The summed E-state index contributed by atoms with van der Waals surface area (Å²) in [4.78, 5) is 11.0. The Kier molecular flexibility index (Phi) is 4.78. The van der Waals surface area contributed by atoms with Crippen molar-refractivity contribution in [2.24, 2.45) is 0 Å². The van der Waals surface area contributed by atoms with Gasteiger partial charge in [-0.2, -0.15) is 0 Å². The highest BCUT2D eigenvalue weighted by Crippen LogP contribution is 1.94. The van der Waals surface area contributed by atoms with Gasteiger partial charge in [0.25, 0.3) is 0 Å². The molecule has 0 amide bonds. The number of carbonyl (C=O) groups is 1. The van der Waals surface area contributed by atoms with E-state index < -0.39 is 0 Å². The minimum absolute atomic E-state index is 0.0881. The van der Waals surface area contributed by atoms with Gasteiger partial charge in [-0.15, -0.1) is 0 Å². The van der Waals surface area contributed by atoms with E-state index >= 15 is 0 Å². The lowest BCUT2D eigenvalue weighted by atomic mass is 10.2. The van der Waals surface area contributed by atoms with Gasteiger partial charge in [-0.3, -0.25) is 4.79 Å². The van der Waals surface area contributed by atoms with E-state index in [0.29, 0.717) is 13.0 Å². The summed E-state index contributed by atoms with van der Waals surface area (Å²) >= 11 is 0. The van der Waals surface area contributed by atoms with Gasteiger partial charge < -0.3 is 15.4 Å². The second-order valence-electron chi connectivity index (χ2n) is 3.29. The van der Waals surface area contributed by atoms with Gasteiger partial charge in [0, 0.05) is 26.1 Å². The van der Waals surface area contributed by atoms with Gasteiger partial charge in [0.2, 0.25) is 0 Å². The van der Waals surface area contributed by atoms with Crippen LogP contribution in [0.1, 0.15) is 19.8 Å². The number of hydrogen-bond acceptors (Lipinski definition) is 4. The molecule has 0 aromatic heterocycles. The van der Waals surface area contributed by atoms with Crippen molar-refractivity contribution < 1.29 is 9.53 Å². The van der Waals surface area contributed by atoms with E-state index in [9.17, 15) is 4.79 Å². The van der Waals surface area contributed by atoms with Crippen molar-refractivity contribution in [1.29, 1.82) is 0 Å². The van der Waals surface area contributed by atoms with Crippen molar-refractivity contribution in [3.05, 3.63) is 0 Å². The number of ether oxygens (including phenoxy) is 1. The van der Waals surface area contributed by atoms with Crippen LogP contribution in [0.2, 0.25) is 0 Å². The van der Waals surface area contributed by atoms with E-state index in [4.69, 9.17) is 4.74 Å². The summed E-state index contributed by atoms with van der Waals surface area (Å²) in [7, 11) is 0. The summed E-state index contributed by atoms with van der Waals surface area (Å²) in [5.74, 6) is -0.0881. The largest absolute Gasteiger partial charge is 0.464 e. The maximum absolute atomic E-state index is 11.0. The van der Waals surface area contributed by atoms with Crippen molar-refractivity contribution in [1.82, 2.24) is 10.6 Å². The fourth-order valence-corrected chi connectivity index (χ4v) is 1.30. The van der Waals surface area contributed by atoms with Crippen LogP contribution < -0.4 is 10.6 Å². The summed E-state index contributed by atoms with van der Waals surface area (Å²) in [6, 6.07) is 0.287. The molecule has 1 aliphatic heterocycles. The second kappa shape index (κ2) is 5.94. The Morgan fingerprint density at radius 1 is 1.54 bits per heavy atom. The Bertz CT molecular complexity index is 156. The van der Waals surface area contributed by atoms with E-state index in [1.165, 1.54) is 0 Å². The highest BCUT2D eigenvalue weighted by molar-refractivity contribution is 5.69. The number of piperazine rings is 1. The van der Waals surface area contributed by atoms with Gasteiger partial charge in [0.15, 0.2) is 0 Å². The van der Waals surface area contributed by atoms with E-state index in [0.717, 1.165) is 26.1 Å². The van der Waals surface area contributed by atoms with Crippen molar-refractivity contribution in [3.63, 3.8) is 0 Å². The van der Waals surface area contributed by atoms with Crippen molar-refractivity contribution in [3.8, 4) is 0 Å². The molecule has 0 aromatic carbocycles. The van der Waals surface area contributed by atoms with E-state index in [2.05, 4.69) is 10.6 Å². The van der Waals surface area contributed by atoms with Crippen LogP contribution in [0.15, 0.2) is 0 Å². The Morgan fingerprint density at radius 2 is 2.38 bits per heavy atom. The van der Waals surface area contributed by atoms with E-state index in [1.54, 1.807) is 0 Å². The SMILES string of the molecule is CCCC(=O)OC[C@@H]1CNCCN1. The number of esters is 1. The fraction of sp³-hybridized carbons (Fsp3) is 0.889. The molecule has 2 N–H and O–H groups in total. The lowest BCUT2D eigenvalue weighted by Gasteiger charge is -2.23. The summed E-state index contributed by atoms with van der Waals surface area (Å²) in [6.07, 6.45) is 1.38. The molecule has 0 unspecified atom stereocenters. The third-order valence-electron chi connectivity index (χ3n) is 2.03. The zero-order valence-corrected chi connectivity index (χ0v) is 8.14. The molecule has 76 valence electrons. The van der Waals surface area contributed by atoms with Crippen LogP contribution in [0.4, 0.5) is 0 Å². The van der Waals surface area contributed by atoms with Crippen molar-refractivity contribution in [2.75, 3.05) is 26.2 Å². The first kappa shape index (κ1) is 10.5. The molecule has 13 heavy (non-hydrogen) atoms. The first-order valence-corrected chi connectivity index (χ1v) is 4.92. The van der Waals surface area contributed by atoms with Crippen LogP contribution in [0, 0.1) is 0 Å². The Hall–Kier alpha value is -0.610. The quantitative estimate of drug-likeness (QED) is 0.602. The van der Waals surface area contributed by atoms with Crippen LogP contribution in [0.25, 0.3) is 0 Å². The number of nitrogens with one attached hydrogen (secondary N) is 2. The lowest BCUT2D eigenvalue weighted by Crippen LogP contribution is -2.50. The summed E-state index contributed by atoms with van der Waals surface area (Å²) in [5, 5.41) is 6.51. The van der Waals surface area contributed by atoms with Crippen molar-refractivity contribution in [2.45, 2.75) is 25.8 Å². The molecule has 1 saturated heterocycles. The molecule has 4 heteroatoms. The average molecular weight is 186 g/mol. The van der Waals surface area contributed by atoms with Crippen LogP contribution >= 0.6 is 0 Å². The summed E-state index contributed by atoms with van der Waals surface area (Å²) in [5.41, 5.74) is 0. The van der Waals surface area contributed by atoms with Gasteiger partial charge in [0.05, 0.1) is 6.04 Å². The molecule has 0 radical (unpaired) electrons. The number of carbonyl (C=O) groups excluding carboxylic acids is 1. The molecule has 1 fully saturated rings. The maximum atomic E-state index is 11.0. The molecule has 0 spiro atoms. The maximum Gasteiger partial charge on any atom is 0.305 e. The first-order chi connectivity index (χ1) is 6.33. The Morgan fingerprint density at radius 3 is 3.00 bits per heavy atom. The lowest BCUT2D eigenvalue weighted by molar-refractivity contribution is -0.144. The molecule has 1 rings (SSSR count). The number of rotatable bonds is 4.